The van der Waals surface area contributed by atoms with E-state index in [2.05, 4.69) is 10.6 Å². The fourth-order valence-corrected chi connectivity index (χ4v) is 3.81. The molecule has 6 nitrogen and oxygen atoms in total. The molecule has 0 unspecified atom stereocenters. The molecule has 2 fully saturated rings. The SMILES string of the molecule is O=C(NC[C@@H]1CCO[C@H]1c1ccc(F)cc1)NC1CCC(C(=O)O)CC1. The maximum absolute atomic E-state index is 13.1. The van der Waals surface area contributed by atoms with Gasteiger partial charge in [0.15, 0.2) is 0 Å². The summed E-state index contributed by atoms with van der Waals surface area (Å²) in [5.41, 5.74) is 0.920. The van der Waals surface area contributed by atoms with Crippen molar-refractivity contribution in [2.75, 3.05) is 13.2 Å². The van der Waals surface area contributed by atoms with Crippen LogP contribution in [0.25, 0.3) is 0 Å². The highest BCUT2D eigenvalue weighted by Gasteiger charge is 2.30. The summed E-state index contributed by atoms with van der Waals surface area (Å²) in [6, 6.07) is 6.08. The van der Waals surface area contributed by atoms with Gasteiger partial charge in [-0.1, -0.05) is 12.1 Å². The van der Waals surface area contributed by atoms with Gasteiger partial charge in [-0.15, -0.1) is 0 Å². The van der Waals surface area contributed by atoms with Crippen LogP contribution in [0.4, 0.5) is 9.18 Å². The maximum Gasteiger partial charge on any atom is 0.315 e. The van der Waals surface area contributed by atoms with Crippen LogP contribution < -0.4 is 10.6 Å². The number of nitrogens with one attached hydrogen (secondary N) is 2. The number of amides is 2. The molecule has 0 radical (unpaired) electrons. The summed E-state index contributed by atoms with van der Waals surface area (Å²) in [4.78, 5) is 23.1. The molecule has 2 aliphatic rings. The number of hydrogen-bond acceptors (Lipinski definition) is 3. The van der Waals surface area contributed by atoms with Gasteiger partial charge < -0.3 is 20.5 Å². The zero-order chi connectivity index (χ0) is 18.5. The first-order chi connectivity index (χ1) is 12.5. The predicted octanol–water partition coefficient (Wildman–Crippen LogP) is 2.85. The molecule has 3 N–H and O–H groups in total. The third-order valence-corrected chi connectivity index (χ3v) is 5.35. The first-order valence-electron chi connectivity index (χ1n) is 9.17. The number of carbonyl (C=O) groups is 2. The molecule has 2 atom stereocenters. The highest BCUT2D eigenvalue weighted by Crippen LogP contribution is 2.34. The highest BCUT2D eigenvalue weighted by molar-refractivity contribution is 5.74. The zero-order valence-electron chi connectivity index (χ0n) is 14.6. The molecule has 1 heterocycles. The number of urea groups is 1. The number of carbonyl (C=O) groups excluding carboxylic acids is 1. The minimum atomic E-state index is -0.749. The van der Waals surface area contributed by atoms with E-state index in [-0.39, 0.29) is 35.8 Å². The van der Waals surface area contributed by atoms with Crippen molar-refractivity contribution in [3.8, 4) is 0 Å². The molecule has 0 bridgehead atoms. The molecule has 2 amide bonds. The highest BCUT2D eigenvalue weighted by atomic mass is 19.1. The van der Waals surface area contributed by atoms with Crippen LogP contribution in [0.15, 0.2) is 24.3 Å². The molecule has 1 saturated carbocycles. The monoisotopic (exact) mass is 364 g/mol. The van der Waals surface area contributed by atoms with E-state index in [9.17, 15) is 14.0 Å². The fraction of sp³-hybridized carbons (Fsp3) is 0.579. The molecule has 142 valence electrons. The summed E-state index contributed by atoms with van der Waals surface area (Å²) >= 11 is 0. The van der Waals surface area contributed by atoms with E-state index < -0.39 is 5.97 Å². The number of carboxylic acid groups (broad SMARTS) is 1. The molecule has 1 aromatic rings. The third kappa shape index (κ3) is 4.72. The van der Waals surface area contributed by atoms with Crippen molar-refractivity contribution in [3.63, 3.8) is 0 Å². The van der Waals surface area contributed by atoms with E-state index in [4.69, 9.17) is 9.84 Å². The number of hydrogen-bond donors (Lipinski definition) is 3. The van der Waals surface area contributed by atoms with Gasteiger partial charge in [-0.25, -0.2) is 9.18 Å². The molecule has 3 rings (SSSR count). The normalized spacial score (nSPS) is 28.5. The van der Waals surface area contributed by atoms with Crippen molar-refractivity contribution in [2.45, 2.75) is 44.2 Å². The Morgan fingerprint density at radius 3 is 2.46 bits per heavy atom. The van der Waals surface area contributed by atoms with Gasteiger partial charge in [0.1, 0.15) is 5.82 Å². The van der Waals surface area contributed by atoms with Crippen LogP contribution in [-0.4, -0.2) is 36.3 Å². The minimum absolute atomic E-state index is 0.0262. The quantitative estimate of drug-likeness (QED) is 0.750. The lowest BCUT2D eigenvalue weighted by Gasteiger charge is -2.27. The van der Waals surface area contributed by atoms with Gasteiger partial charge in [0.25, 0.3) is 0 Å². The van der Waals surface area contributed by atoms with Crippen LogP contribution in [0.5, 0.6) is 0 Å². The van der Waals surface area contributed by atoms with Crippen molar-refractivity contribution >= 4 is 12.0 Å². The largest absolute Gasteiger partial charge is 0.481 e. The van der Waals surface area contributed by atoms with Gasteiger partial charge in [-0.3, -0.25) is 4.79 Å². The van der Waals surface area contributed by atoms with Crippen LogP contribution in [0, 0.1) is 17.7 Å². The summed E-state index contributed by atoms with van der Waals surface area (Å²) in [5.74, 6) is -1.17. The van der Waals surface area contributed by atoms with E-state index >= 15 is 0 Å². The minimum Gasteiger partial charge on any atom is -0.481 e. The van der Waals surface area contributed by atoms with Crippen LogP contribution in [-0.2, 0) is 9.53 Å². The average molecular weight is 364 g/mol. The van der Waals surface area contributed by atoms with Crippen molar-refractivity contribution in [1.82, 2.24) is 10.6 Å². The van der Waals surface area contributed by atoms with E-state index in [1.165, 1.54) is 12.1 Å². The van der Waals surface area contributed by atoms with Crippen LogP contribution in [0.2, 0.25) is 0 Å². The van der Waals surface area contributed by atoms with Gasteiger partial charge in [0.05, 0.1) is 12.0 Å². The van der Waals surface area contributed by atoms with Crippen LogP contribution in [0.1, 0.15) is 43.8 Å². The van der Waals surface area contributed by atoms with E-state index in [1.807, 2.05) is 0 Å². The Morgan fingerprint density at radius 1 is 1.12 bits per heavy atom. The Hall–Kier alpha value is -2.15. The Balaban J connectivity index is 1.44. The first-order valence-corrected chi connectivity index (χ1v) is 9.17. The number of benzene rings is 1. The second-order valence-electron chi connectivity index (χ2n) is 7.13. The summed E-state index contributed by atoms with van der Waals surface area (Å²) < 4.78 is 18.8. The zero-order valence-corrected chi connectivity index (χ0v) is 14.6. The number of ether oxygens (including phenoxy) is 1. The van der Waals surface area contributed by atoms with Gasteiger partial charge in [0, 0.05) is 25.1 Å². The Kier molecular flexibility index (Phi) is 6.08. The number of halogens is 1. The van der Waals surface area contributed by atoms with E-state index in [1.54, 1.807) is 12.1 Å². The molecule has 0 spiro atoms. The van der Waals surface area contributed by atoms with Crippen molar-refractivity contribution < 1.29 is 23.8 Å². The number of carboxylic acids is 1. The molecule has 7 heteroatoms. The maximum atomic E-state index is 13.1. The Labute approximate surface area is 152 Å². The number of aliphatic carboxylic acids is 1. The summed E-state index contributed by atoms with van der Waals surface area (Å²) in [5, 5.41) is 14.8. The second-order valence-corrected chi connectivity index (χ2v) is 7.13. The Bertz CT molecular complexity index is 629. The lowest BCUT2D eigenvalue weighted by Crippen LogP contribution is -2.45. The molecule has 1 aliphatic heterocycles. The standard InChI is InChI=1S/C19H25FN2O4/c20-15-5-1-12(2-6-15)17-14(9-10-26-17)11-21-19(25)22-16-7-3-13(4-8-16)18(23)24/h1-2,5-6,13-14,16-17H,3-4,7-11H2,(H,23,24)(H2,21,22,25)/t13?,14-,16?,17-/m0/s1. The summed E-state index contributed by atoms with van der Waals surface area (Å²) in [6.07, 6.45) is 3.28. The van der Waals surface area contributed by atoms with Crippen molar-refractivity contribution in [3.05, 3.63) is 35.6 Å². The molecular formula is C19H25FN2O4. The first kappa shape index (κ1) is 18.6. The average Bonchev–Trinajstić information content (AvgIpc) is 3.09. The lowest BCUT2D eigenvalue weighted by atomic mass is 9.86. The second kappa shape index (κ2) is 8.49. The summed E-state index contributed by atoms with van der Waals surface area (Å²) in [6.45, 7) is 1.10. The smallest absolute Gasteiger partial charge is 0.315 e. The van der Waals surface area contributed by atoms with Gasteiger partial charge >= 0.3 is 12.0 Å². The Morgan fingerprint density at radius 2 is 1.81 bits per heavy atom. The van der Waals surface area contributed by atoms with Gasteiger partial charge in [0.2, 0.25) is 0 Å². The van der Waals surface area contributed by atoms with Crippen LogP contribution in [0.3, 0.4) is 0 Å². The molecular weight excluding hydrogens is 339 g/mol. The molecule has 26 heavy (non-hydrogen) atoms. The third-order valence-electron chi connectivity index (χ3n) is 5.35. The van der Waals surface area contributed by atoms with Crippen LogP contribution >= 0.6 is 0 Å². The predicted molar refractivity (Wildman–Crippen MR) is 93.1 cm³/mol. The molecule has 1 aliphatic carbocycles. The fourth-order valence-electron chi connectivity index (χ4n) is 3.81. The van der Waals surface area contributed by atoms with Crippen molar-refractivity contribution in [2.24, 2.45) is 11.8 Å². The van der Waals surface area contributed by atoms with E-state index in [0.29, 0.717) is 38.8 Å². The van der Waals surface area contributed by atoms with E-state index in [0.717, 1.165) is 12.0 Å². The lowest BCUT2D eigenvalue weighted by molar-refractivity contribution is -0.142. The van der Waals surface area contributed by atoms with Crippen molar-refractivity contribution in [1.29, 1.82) is 0 Å². The topological polar surface area (TPSA) is 87.7 Å². The molecule has 0 aromatic heterocycles. The number of rotatable bonds is 5. The van der Waals surface area contributed by atoms with Gasteiger partial charge in [-0.05, 0) is 49.8 Å². The molecule has 1 saturated heterocycles. The summed E-state index contributed by atoms with van der Waals surface area (Å²) in [7, 11) is 0. The molecule has 1 aromatic carbocycles. The van der Waals surface area contributed by atoms with Gasteiger partial charge in [-0.2, -0.15) is 0 Å².